The largest absolute Gasteiger partial charge is 0.506 e. The second-order valence-corrected chi connectivity index (χ2v) is 8.96. The predicted molar refractivity (Wildman–Crippen MR) is 144 cm³/mol. The minimum atomic E-state index is -0.576. The Hall–Kier alpha value is -4.67. The number of carbonyl (C=O) groups excluding carboxylic acids is 1. The lowest BCUT2D eigenvalue weighted by Gasteiger charge is -2.18. The van der Waals surface area contributed by atoms with Crippen LogP contribution in [0, 0.1) is 0 Å². The third kappa shape index (κ3) is 5.92. The molecule has 2 N–H and O–H groups in total. The summed E-state index contributed by atoms with van der Waals surface area (Å²) in [7, 11) is 4.65. The summed E-state index contributed by atoms with van der Waals surface area (Å²) < 4.78 is 16.9. The SMILES string of the molecule is CCCCc1[nH]c(=O)c(-c2nnc(CN(C)C(=O)Cc3cccnc3)o2)c(O)c1-c1c(OC)cccc1OC. The number of methoxy groups -OCH3 is 2. The number of H-pyrrole nitrogens is 1. The zero-order valence-corrected chi connectivity index (χ0v) is 22.4. The third-order valence-electron chi connectivity index (χ3n) is 6.28. The molecule has 3 aromatic heterocycles. The number of carbonyl (C=O) groups is 1. The van der Waals surface area contributed by atoms with Crippen molar-refractivity contribution < 1.29 is 23.8 Å². The molecule has 1 amide bonds. The van der Waals surface area contributed by atoms with Crippen LogP contribution in [0.4, 0.5) is 0 Å². The van der Waals surface area contributed by atoms with E-state index in [1.54, 1.807) is 43.7 Å². The molecule has 0 atom stereocenters. The minimum absolute atomic E-state index is 0.0204. The fourth-order valence-corrected chi connectivity index (χ4v) is 4.27. The van der Waals surface area contributed by atoms with Crippen molar-refractivity contribution in [3.63, 3.8) is 0 Å². The minimum Gasteiger partial charge on any atom is -0.506 e. The van der Waals surface area contributed by atoms with Gasteiger partial charge in [0.15, 0.2) is 0 Å². The molecule has 0 aliphatic heterocycles. The van der Waals surface area contributed by atoms with Crippen LogP contribution in [-0.2, 0) is 24.2 Å². The van der Waals surface area contributed by atoms with Crippen molar-refractivity contribution in [3.05, 3.63) is 70.2 Å². The number of nitrogens with zero attached hydrogens (tertiary/aromatic N) is 4. The number of hydrogen-bond donors (Lipinski definition) is 2. The van der Waals surface area contributed by atoms with Crippen molar-refractivity contribution in [2.45, 2.75) is 39.2 Å². The van der Waals surface area contributed by atoms with E-state index in [-0.39, 0.29) is 42.0 Å². The Morgan fingerprint density at radius 2 is 1.82 bits per heavy atom. The van der Waals surface area contributed by atoms with E-state index in [4.69, 9.17) is 13.9 Å². The fourth-order valence-electron chi connectivity index (χ4n) is 4.27. The van der Waals surface area contributed by atoms with Gasteiger partial charge in [0.25, 0.3) is 11.4 Å². The summed E-state index contributed by atoms with van der Waals surface area (Å²) in [4.78, 5) is 34.2. The summed E-state index contributed by atoms with van der Waals surface area (Å²) in [6.07, 6.45) is 5.60. The quantitative estimate of drug-likeness (QED) is 0.294. The second-order valence-electron chi connectivity index (χ2n) is 8.96. The zero-order valence-electron chi connectivity index (χ0n) is 22.4. The lowest BCUT2D eigenvalue weighted by molar-refractivity contribution is -0.130. The average molecular weight is 534 g/mol. The molecule has 0 spiro atoms. The normalized spacial score (nSPS) is 10.9. The van der Waals surface area contributed by atoms with Gasteiger partial charge in [-0.2, -0.15) is 0 Å². The van der Waals surface area contributed by atoms with E-state index in [0.29, 0.717) is 34.7 Å². The van der Waals surface area contributed by atoms with Gasteiger partial charge in [-0.15, -0.1) is 10.2 Å². The van der Waals surface area contributed by atoms with Crippen molar-refractivity contribution in [1.29, 1.82) is 0 Å². The van der Waals surface area contributed by atoms with E-state index in [1.807, 2.05) is 13.0 Å². The van der Waals surface area contributed by atoms with Gasteiger partial charge in [0, 0.05) is 25.1 Å². The summed E-state index contributed by atoms with van der Waals surface area (Å²) in [5.74, 6) is 0.352. The highest BCUT2D eigenvalue weighted by atomic mass is 16.5. The first kappa shape index (κ1) is 27.4. The van der Waals surface area contributed by atoms with Crippen LogP contribution >= 0.6 is 0 Å². The van der Waals surface area contributed by atoms with Crippen molar-refractivity contribution in [2.24, 2.45) is 0 Å². The monoisotopic (exact) mass is 533 g/mol. The molecule has 0 bridgehead atoms. The molecule has 11 heteroatoms. The molecule has 3 heterocycles. The van der Waals surface area contributed by atoms with E-state index >= 15 is 0 Å². The Morgan fingerprint density at radius 1 is 1.08 bits per heavy atom. The van der Waals surface area contributed by atoms with Crippen LogP contribution < -0.4 is 15.0 Å². The standard InChI is InChI=1S/C28H31N5O6/c1-5-6-10-18-23(24-19(37-3)11-7-12-20(24)38-4)26(35)25(27(36)30-18)28-32-31-21(39-28)16-33(2)22(34)14-17-9-8-13-29-15-17/h7-9,11-13,15H,5-6,10,14,16H2,1-4H3,(H2,30,35,36). The molecular weight excluding hydrogens is 502 g/mol. The maximum atomic E-state index is 13.2. The molecule has 4 aromatic rings. The van der Waals surface area contributed by atoms with Gasteiger partial charge in [0.2, 0.25) is 11.8 Å². The summed E-state index contributed by atoms with van der Waals surface area (Å²) in [6, 6.07) is 8.84. The predicted octanol–water partition coefficient (Wildman–Crippen LogP) is 3.75. The third-order valence-corrected chi connectivity index (χ3v) is 6.28. The van der Waals surface area contributed by atoms with E-state index in [0.717, 1.165) is 18.4 Å². The molecular formula is C28H31N5O6. The van der Waals surface area contributed by atoms with Crippen molar-refractivity contribution in [2.75, 3.05) is 21.3 Å². The lowest BCUT2D eigenvalue weighted by atomic mass is 9.96. The highest BCUT2D eigenvalue weighted by Gasteiger charge is 2.27. The molecule has 39 heavy (non-hydrogen) atoms. The molecule has 0 unspecified atom stereocenters. The molecule has 204 valence electrons. The molecule has 0 fully saturated rings. The molecule has 11 nitrogen and oxygen atoms in total. The molecule has 1 aromatic carbocycles. The topological polar surface area (TPSA) is 144 Å². The highest BCUT2D eigenvalue weighted by molar-refractivity contribution is 5.87. The molecule has 0 aliphatic rings. The Kier molecular flexibility index (Phi) is 8.60. The number of benzene rings is 1. The number of rotatable bonds is 11. The van der Waals surface area contributed by atoms with Gasteiger partial charge in [0.05, 0.1) is 38.3 Å². The summed E-state index contributed by atoms with van der Waals surface area (Å²) in [6.45, 7) is 2.06. The van der Waals surface area contributed by atoms with Gasteiger partial charge in [-0.3, -0.25) is 14.6 Å². The number of aryl methyl sites for hydroxylation is 1. The number of aromatic nitrogens is 4. The maximum absolute atomic E-state index is 13.2. The van der Waals surface area contributed by atoms with Crippen LogP contribution in [0.5, 0.6) is 17.2 Å². The average Bonchev–Trinajstić information content (AvgIpc) is 3.39. The first-order valence-electron chi connectivity index (χ1n) is 12.5. The summed E-state index contributed by atoms with van der Waals surface area (Å²) >= 11 is 0. The zero-order chi connectivity index (χ0) is 27.9. The second kappa shape index (κ2) is 12.2. The maximum Gasteiger partial charge on any atom is 0.264 e. The molecule has 0 radical (unpaired) electrons. The lowest BCUT2D eigenvalue weighted by Crippen LogP contribution is -2.27. The number of pyridine rings is 2. The van der Waals surface area contributed by atoms with Crippen molar-refractivity contribution >= 4 is 5.91 Å². The Labute approximate surface area is 225 Å². The van der Waals surface area contributed by atoms with Gasteiger partial charge in [0.1, 0.15) is 22.8 Å². The first-order chi connectivity index (χ1) is 18.9. The fraction of sp³-hybridized carbons (Fsp3) is 0.321. The molecule has 0 aliphatic carbocycles. The number of likely N-dealkylation sites (N-methyl/N-ethyl adjacent to an activating group) is 1. The van der Waals surface area contributed by atoms with Crippen LogP contribution in [0.25, 0.3) is 22.6 Å². The molecule has 4 rings (SSSR count). The molecule has 0 saturated carbocycles. The van der Waals surface area contributed by atoms with Gasteiger partial charge in [-0.1, -0.05) is 25.5 Å². The number of unbranched alkanes of at least 4 members (excludes halogenated alkanes) is 1. The Balaban J connectivity index is 1.72. The van der Waals surface area contributed by atoms with Crippen LogP contribution in [-0.4, -0.2) is 57.3 Å². The highest BCUT2D eigenvalue weighted by Crippen LogP contribution is 2.46. The van der Waals surface area contributed by atoms with Crippen LogP contribution in [0.3, 0.4) is 0 Å². The summed E-state index contributed by atoms with van der Waals surface area (Å²) in [5.41, 5.74) is 1.40. The van der Waals surface area contributed by atoms with Gasteiger partial charge in [-0.05, 0) is 36.6 Å². The van der Waals surface area contributed by atoms with Crippen LogP contribution in [0.2, 0.25) is 0 Å². The van der Waals surface area contributed by atoms with Crippen molar-refractivity contribution in [3.8, 4) is 39.8 Å². The Bertz CT molecular complexity index is 1480. The molecule has 0 saturated heterocycles. The smallest absolute Gasteiger partial charge is 0.264 e. The number of aromatic hydroxyl groups is 1. The first-order valence-corrected chi connectivity index (χ1v) is 12.5. The Morgan fingerprint density at radius 3 is 2.46 bits per heavy atom. The number of ether oxygens (including phenoxy) is 2. The van der Waals surface area contributed by atoms with E-state index in [1.165, 1.54) is 19.1 Å². The van der Waals surface area contributed by atoms with E-state index in [9.17, 15) is 14.7 Å². The van der Waals surface area contributed by atoms with Crippen molar-refractivity contribution in [1.82, 2.24) is 25.1 Å². The number of hydrogen-bond acceptors (Lipinski definition) is 9. The van der Waals surface area contributed by atoms with Crippen LogP contribution in [0.15, 0.2) is 51.9 Å². The summed E-state index contributed by atoms with van der Waals surface area (Å²) in [5, 5.41) is 19.5. The van der Waals surface area contributed by atoms with E-state index < -0.39 is 5.56 Å². The van der Waals surface area contributed by atoms with E-state index in [2.05, 4.69) is 20.2 Å². The number of amides is 1. The van der Waals surface area contributed by atoms with Gasteiger partial charge < -0.3 is 28.9 Å². The van der Waals surface area contributed by atoms with Gasteiger partial charge >= 0.3 is 0 Å². The number of nitrogens with one attached hydrogen (secondary N) is 1. The number of aromatic amines is 1. The van der Waals surface area contributed by atoms with Crippen LogP contribution in [0.1, 0.15) is 36.9 Å². The van der Waals surface area contributed by atoms with Gasteiger partial charge in [-0.25, -0.2) is 0 Å².